The molecule has 6 heteroatoms. The van der Waals surface area contributed by atoms with Crippen molar-refractivity contribution < 1.29 is 18.7 Å². The first-order valence-electron chi connectivity index (χ1n) is 9.12. The average molecular weight is 392 g/mol. The number of aryl methyl sites for hydroxylation is 1. The Balaban J connectivity index is 1.57. The fraction of sp³-hybridized carbons (Fsp3) is 0.130. The van der Waals surface area contributed by atoms with Gasteiger partial charge < -0.3 is 15.4 Å². The molecule has 0 heterocycles. The molecular weight excluding hydrogens is 371 g/mol. The van der Waals surface area contributed by atoms with Crippen LogP contribution in [0, 0.1) is 12.7 Å². The molecule has 3 rings (SSSR count). The quantitative estimate of drug-likeness (QED) is 0.629. The van der Waals surface area contributed by atoms with E-state index in [0.717, 1.165) is 11.1 Å². The molecule has 2 N–H and O–H groups in total. The van der Waals surface area contributed by atoms with Crippen molar-refractivity contribution in [3.8, 4) is 5.75 Å². The van der Waals surface area contributed by atoms with E-state index >= 15 is 0 Å². The SMILES string of the molecule is Cc1cccc(OCC(=O)Nc2ccc(F)c(NC(=O)Cc3ccccc3)c2)c1. The lowest BCUT2D eigenvalue weighted by Gasteiger charge is -2.11. The first-order valence-corrected chi connectivity index (χ1v) is 9.12. The number of nitrogens with one attached hydrogen (secondary N) is 2. The molecule has 3 aromatic rings. The van der Waals surface area contributed by atoms with Crippen LogP contribution in [0.3, 0.4) is 0 Å². The molecule has 0 bridgehead atoms. The first kappa shape index (κ1) is 20.1. The Hall–Kier alpha value is -3.67. The molecule has 0 fully saturated rings. The minimum Gasteiger partial charge on any atom is -0.484 e. The first-order chi connectivity index (χ1) is 14.0. The summed E-state index contributed by atoms with van der Waals surface area (Å²) in [6.45, 7) is 1.75. The number of ether oxygens (including phenoxy) is 1. The average Bonchev–Trinajstić information content (AvgIpc) is 2.70. The highest BCUT2D eigenvalue weighted by Crippen LogP contribution is 2.20. The molecule has 5 nitrogen and oxygen atoms in total. The van der Waals surface area contributed by atoms with Crippen molar-refractivity contribution in [3.05, 3.63) is 89.7 Å². The highest BCUT2D eigenvalue weighted by molar-refractivity contribution is 5.95. The molecule has 0 unspecified atom stereocenters. The summed E-state index contributed by atoms with van der Waals surface area (Å²) >= 11 is 0. The summed E-state index contributed by atoms with van der Waals surface area (Å²) in [6, 6.07) is 20.5. The van der Waals surface area contributed by atoms with E-state index in [1.54, 1.807) is 6.07 Å². The van der Waals surface area contributed by atoms with Gasteiger partial charge in [0.15, 0.2) is 6.61 Å². The molecule has 2 amide bonds. The van der Waals surface area contributed by atoms with Crippen molar-refractivity contribution in [2.75, 3.05) is 17.2 Å². The normalized spacial score (nSPS) is 10.3. The summed E-state index contributed by atoms with van der Waals surface area (Å²) in [5.41, 5.74) is 2.21. The van der Waals surface area contributed by atoms with Crippen molar-refractivity contribution in [2.24, 2.45) is 0 Å². The van der Waals surface area contributed by atoms with Gasteiger partial charge in [0, 0.05) is 5.69 Å². The zero-order valence-corrected chi connectivity index (χ0v) is 15.9. The van der Waals surface area contributed by atoms with Crippen LogP contribution in [-0.4, -0.2) is 18.4 Å². The Morgan fingerprint density at radius 3 is 2.45 bits per heavy atom. The number of amides is 2. The van der Waals surface area contributed by atoms with Gasteiger partial charge >= 0.3 is 0 Å². The number of halogens is 1. The van der Waals surface area contributed by atoms with Gasteiger partial charge in [-0.3, -0.25) is 9.59 Å². The van der Waals surface area contributed by atoms with Crippen LogP contribution in [0.15, 0.2) is 72.8 Å². The van der Waals surface area contributed by atoms with Crippen molar-refractivity contribution in [1.29, 1.82) is 0 Å². The van der Waals surface area contributed by atoms with Crippen LogP contribution in [0.25, 0.3) is 0 Å². The Morgan fingerprint density at radius 2 is 1.69 bits per heavy atom. The summed E-state index contributed by atoms with van der Waals surface area (Å²) in [6.07, 6.45) is 0.126. The summed E-state index contributed by atoms with van der Waals surface area (Å²) in [4.78, 5) is 24.3. The second-order valence-corrected chi connectivity index (χ2v) is 6.56. The molecule has 0 aliphatic carbocycles. The number of carbonyl (C=O) groups excluding carboxylic acids is 2. The van der Waals surface area contributed by atoms with Gasteiger partial charge in [-0.05, 0) is 48.4 Å². The molecule has 148 valence electrons. The molecule has 0 aromatic heterocycles. The predicted molar refractivity (Wildman–Crippen MR) is 110 cm³/mol. The maximum atomic E-state index is 14.1. The van der Waals surface area contributed by atoms with Crippen molar-refractivity contribution in [1.82, 2.24) is 0 Å². The number of rotatable bonds is 7. The van der Waals surface area contributed by atoms with E-state index in [-0.39, 0.29) is 30.5 Å². The summed E-state index contributed by atoms with van der Waals surface area (Å²) in [7, 11) is 0. The Kier molecular flexibility index (Phi) is 6.58. The van der Waals surface area contributed by atoms with Crippen molar-refractivity contribution in [2.45, 2.75) is 13.3 Å². The van der Waals surface area contributed by atoms with E-state index in [2.05, 4.69) is 10.6 Å². The lowest BCUT2D eigenvalue weighted by Crippen LogP contribution is -2.20. The number of benzene rings is 3. The topological polar surface area (TPSA) is 67.4 Å². The summed E-state index contributed by atoms with van der Waals surface area (Å²) < 4.78 is 19.5. The summed E-state index contributed by atoms with van der Waals surface area (Å²) in [5, 5.41) is 5.18. The third-order valence-corrected chi connectivity index (χ3v) is 4.09. The third-order valence-electron chi connectivity index (χ3n) is 4.09. The van der Waals surface area contributed by atoms with Crippen LogP contribution < -0.4 is 15.4 Å². The molecule has 3 aromatic carbocycles. The second-order valence-electron chi connectivity index (χ2n) is 6.56. The number of anilines is 2. The predicted octanol–water partition coefficient (Wildman–Crippen LogP) is 4.33. The molecule has 0 saturated carbocycles. The molecule has 0 radical (unpaired) electrons. The molecule has 29 heavy (non-hydrogen) atoms. The maximum absolute atomic E-state index is 14.1. The minimum atomic E-state index is -0.583. The van der Waals surface area contributed by atoms with Gasteiger partial charge in [-0.15, -0.1) is 0 Å². The second kappa shape index (κ2) is 9.50. The highest BCUT2D eigenvalue weighted by Gasteiger charge is 2.11. The van der Waals surface area contributed by atoms with E-state index in [9.17, 15) is 14.0 Å². The Bertz CT molecular complexity index is 1010. The zero-order chi connectivity index (χ0) is 20.6. The van der Waals surface area contributed by atoms with Crippen LogP contribution in [0.1, 0.15) is 11.1 Å². The minimum absolute atomic E-state index is 0.00309. The zero-order valence-electron chi connectivity index (χ0n) is 15.9. The van der Waals surface area contributed by atoms with Crippen LogP contribution in [0.4, 0.5) is 15.8 Å². The number of hydrogen-bond donors (Lipinski definition) is 2. The lowest BCUT2D eigenvalue weighted by molar-refractivity contribution is -0.118. The lowest BCUT2D eigenvalue weighted by atomic mass is 10.1. The fourth-order valence-electron chi connectivity index (χ4n) is 2.73. The molecule has 0 aliphatic heterocycles. The number of hydrogen-bond acceptors (Lipinski definition) is 3. The van der Waals surface area contributed by atoms with E-state index in [1.807, 2.05) is 55.5 Å². The summed E-state index contributed by atoms with van der Waals surface area (Å²) in [5.74, 6) is -0.727. The van der Waals surface area contributed by atoms with Gasteiger partial charge in [-0.2, -0.15) is 0 Å². The van der Waals surface area contributed by atoms with Crippen LogP contribution >= 0.6 is 0 Å². The fourth-order valence-corrected chi connectivity index (χ4v) is 2.73. The van der Waals surface area contributed by atoms with Crippen LogP contribution in [0.5, 0.6) is 5.75 Å². The third kappa shape index (κ3) is 6.17. The van der Waals surface area contributed by atoms with Gasteiger partial charge in [0.25, 0.3) is 5.91 Å². The highest BCUT2D eigenvalue weighted by atomic mass is 19.1. The molecule has 0 aliphatic rings. The van der Waals surface area contributed by atoms with Gasteiger partial charge in [0.05, 0.1) is 12.1 Å². The molecule has 0 spiro atoms. The number of carbonyl (C=O) groups is 2. The van der Waals surface area contributed by atoms with Gasteiger partial charge in [-0.1, -0.05) is 42.5 Å². The van der Waals surface area contributed by atoms with Crippen LogP contribution in [-0.2, 0) is 16.0 Å². The van der Waals surface area contributed by atoms with Crippen molar-refractivity contribution in [3.63, 3.8) is 0 Å². The molecule has 0 atom stereocenters. The standard InChI is InChI=1S/C23H21FN2O3/c1-16-6-5-9-19(12-16)29-15-23(28)25-18-10-11-20(24)21(14-18)26-22(27)13-17-7-3-2-4-8-17/h2-12,14H,13,15H2,1H3,(H,25,28)(H,26,27). The van der Waals surface area contributed by atoms with Gasteiger partial charge in [0.1, 0.15) is 11.6 Å². The molecular formula is C23H21FN2O3. The van der Waals surface area contributed by atoms with Gasteiger partial charge in [-0.25, -0.2) is 4.39 Å². The monoisotopic (exact) mass is 392 g/mol. The maximum Gasteiger partial charge on any atom is 0.262 e. The largest absolute Gasteiger partial charge is 0.484 e. The van der Waals surface area contributed by atoms with E-state index in [1.165, 1.54) is 18.2 Å². The van der Waals surface area contributed by atoms with Crippen LogP contribution in [0.2, 0.25) is 0 Å². The van der Waals surface area contributed by atoms with Crippen molar-refractivity contribution >= 4 is 23.2 Å². The van der Waals surface area contributed by atoms with Gasteiger partial charge in [0.2, 0.25) is 5.91 Å². The van der Waals surface area contributed by atoms with E-state index in [0.29, 0.717) is 11.4 Å². The smallest absolute Gasteiger partial charge is 0.262 e. The van der Waals surface area contributed by atoms with E-state index in [4.69, 9.17) is 4.74 Å². The Morgan fingerprint density at radius 1 is 0.897 bits per heavy atom. The Labute approximate surface area is 168 Å². The molecule has 0 saturated heterocycles. The van der Waals surface area contributed by atoms with E-state index < -0.39 is 5.82 Å².